The van der Waals surface area contributed by atoms with Crippen molar-refractivity contribution >= 4 is 16.5 Å². The van der Waals surface area contributed by atoms with Gasteiger partial charge in [0, 0.05) is 37.8 Å². The Bertz CT molecular complexity index is 305. The van der Waals surface area contributed by atoms with E-state index in [1.807, 2.05) is 0 Å². The lowest BCUT2D eigenvalue weighted by Crippen LogP contribution is -2.35. The molecule has 0 radical (unpaired) electrons. The molecular weight excluding hydrogens is 224 g/mol. The monoisotopic (exact) mass is 244 g/mol. The predicted octanol–water partition coefficient (Wildman–Crippen LogP) is 1.37. The summed E-state index contributed by atoms with van der Waals surface area (Å²) in [5.74, 6) is 0. The van der Waals surface area contributed by atoms with Crippen LogP contribution in [0.2, 0.25) is 0 Å². The SMILES string of the molecule is CCC(C)N(CCOC)Cc1nnsc1N. The second kappa shape index (κ2) is 6.78. The van der Waals surface area contributed by atoms with Gasteiger partial charge in [-0.3, -0.25) is 4.90 Å². The van der Waals surface area contributed by atoms with Crippen molar-refractivity contribution in [2.75, 3.05) is 26.0 Å². The van der Waals surface area contributed by atoms with Gasteiger partial charge in [-0.1, -0.05) is 11.4 Å². The number of aromatic nitrogens is 2. The summed E-state index contributed by atoms with van der Waals surface area (Å²) in [5, 5.41) is 4.76. The Morgan fingerprint density at radius 2 is 2.31 bits per heavy atom. The van der Waals surface area contributed by atoms with E-state index in [2.05, 4.69) is 28.3 Å². The highest BCUT2D eigenvalue weighted by Gasteiger charge is 2.15. The molecule has 0 aliphatic carbocycles. The molecular formula is C10H20N4OS. The van der Waals surface area contributed by atoms with Crippen LogP contribution in [0.3, 0.4) is 0 Å². The van der Waals surface area contributed by atoms with Crippen molar-refractivity contribution in [2.45, 2.75) is 32.9 Å². The molecule has 0 saturated carbocycles. The molecule has 0 aromatic carbocycles. The minimum atomic E-state index is 0.497. The van der Waals surface area contributed by atoms with Gasteiger partial charge in [0.05, 0.1) is 6.61 Å². The molecule has 0 aliphatic heterocycles. The van der Waals surface area contributed by atoms with E-state index in [0.717, 1.165) is 31.8 Å². The number of nitrogens with two attached hydrogens (primary N) is 1. The van der Waals surface area contributed by atoms with Crippen molar-refractivity contribution in [1.82, 2.24) is 14.5 Å². The van der Waals surface area contributed by atoms with Crippen LogP contribution in [-0.2, 0) is 11.3 Å². The largest absolute Gasteiger partial charge is 0.388 e. The van der Waals surface area contributed by atoms with Crippen molar-refractivity contribution in [3.63, 3.8) is 0 Å². The minimum absolute atomic E-state index is 0.497. The highest BCUT2D eigenvalue weighted by Crippen LogP contribution is 2.16. The van der Waals surface area contributed by atoms with E-state index in [4.69, 9.17) is 10.5 Å². The molecule has 0 saturated heterocycles. The lowest BCUT2D eigenvalue weighted by molar-refractivity contribution is 0.117. The summed E-state index contributed by atoms with van der Waals surface area (Å²) in [6.45, 7) is 6.74. The quantitative estimate of drug-likeness (QED) is 0.784. The van der Waals surface area contributed by atoms with Gasteiger partial charge in [-0.15, -0.1) is 5.10 Å². The molecule has 1 aromatic heterocycles. The lowest BCUT2D eigenvalue weighted by atomic mass is 10.2. The van der Waals surface area contributed by atoms with E-state index in [1.54, 1.807) is 7.11 Å². The number of nitrogen functional groups attached to an aromatic ring is 1. The average molecular weight is 244 g/mol. The first-order chi connectivity index (χ1) is 7.69. The summed E-state index contributed by atoms with van der Waals surface area (Å²) >= 11 is 1.25. The standard InChI is InChI=1S/C10H20N4OS/c1-4-8(2)14(5-6-15-3)7-9-10(11)16-13-12-9/h8H,4-7,11H2,1-3H3. The molecule has 5 nitrogen and oxygen atoms in total. The van der Waals surface area contributed by atoms with Crippen LogP contribution in [0.5, 0.6) is 0 Å². The summed E-state index contributed by atoms with van der Waals surface area (Å²) in [5.41, 5.74) is 6.67. The van der Waals surface area contributed by atoms with Crippen LogP contribution in [0.15, 0.2) is 0 Å². The molecule has 92 valence electrons. The maximum Gasteiger partial charge on any atom is 0.132 e. The third-order valence-electron chi connectivity index (χ3n) is 2.73. The molecule has 0 amide bonds. The molecule has 1 atom stereocenters. The fourth-order valence-corrected chi connectivity index (χ4v) is 1.88. The van der Waals surface area contributed by atoms with Crippen molar-refractivity contribution in [1.29, 1.82) is 0 Å². The smallest absolute Gasteiger partial charge is 0.132 e. The van der Waals surface area contributed by atoms with Gasteiger partial charge in [0.1, 0.15) is 10.7 Å². The molecule has 6 heteroatoms. The Hall–Kier alpha value is -0.720. The van der Waals surface area contributed by atoms with E-state index >= 15 is 0 Å². The van der Waals surface area contributed by atoms with Crippen LogP contribution in [-0.4, -0.2) is 40.8 Å². The summed E-state index contributed by atoms with van der Waals surface area (Å²) in [4.78, 5) is 2.32. The zero-order valence-electron chi connectivity index (χ0n) is 10.1. The molecule has 16 heavy (non-hydrogen) atoms. The second-order valence-electron chi connectivity index (χ2n) is 3.80. The fourth-order valence-electron chi connectivity index (χ4n) is 1.44. The number of methoxy groups -OCH3 is 1. The molecule has 2 N–H and O–H groups in total. The third-order valence-corrected chi connectivity index (χ3v) is 3.33. The normalized spacial score (nSPS) is 13.2. The van der Waals surface area contributed by atoms with Gasteiger partial charge < -0.3 is 10.5 Å². The van der Waals surface area contributed by atoms with Crippen LogP contribution in [0.1, 0.15) is 26.0 Å². The van der Waals surface area contributed by atoms with Crippen molar-refractivity contribution < 1.29 is 4.74 Å². The summed E-state index contributed by atoms with van der Waals surface area (Å²) in [6.07, 6.45) is 1.10. The van der Waals surface area contributed by atoms with Gasteiger partial charge in [0.25, 0.3) is 0 Å². The van der Waals surface area contributed by atoms with Crippen LogP contribution < -0.4 is 5.73 Å². The van der Waals surface area contributed by atoms with Gasteiger partial charge in [-0.2, -0.15) is 0 Å². The minimum Gasteiger partial charge on any atom is -0.388 e. The molecule has 0 bridgehead atoms. The number of hydrogen-bond acceptors (Lipinski definition) is 6. The van der Waals surface area contributed by atoms with E-state index in [9.17, 15) is 0 Å². The molecule has 0 fully saturated rings. The van der Waals surface area contributed by atoms with Crippen LogP contribution in [0, 0.1) is 0 Å². The summed E-state index contributed by atoms with van der Waals surface area (Å²) in [7, 11) is 1.72. The number of ether oxygens (including phenoxy) is 1. The van der Waals surface area contributed by atoms with Gasteiger partial charge in [-0.25, -0.2) is 0 Å². The van der Waals surface area contributed by atoms with Gasteiger partial charge >= 0.3 is 0 Å². The Morgan fingerprint density at radius 3 is 2.81 bits per heavy atom. The molecule has 1 rings (SSSR count). The summed E-state index contributed by atoms with van der Waals surface area (Å²) < 4.78 is 8.96. The zero-order chi connectivity index (χ0) is 12.0. The van der Waals surface area contributed by atoms with Crippen LogP contribution in [0.4, 0.5) is 5.00 Å². The number of hydrogen-bond donors (Lipinski definition) is 1. The lowest BCUT2D eigenvalue weighted by Gasteiger charge is -2.27. The predicted molar refractivity (Wildman–Crippen MR) is 66.4 cm³/mol. The Labute approximate surface area is 101 Å². The molecule has 0 spiro atoms. The zero-order valence-corrected chi connectivity index (χ0v) is 11.0. The van der Waals surface area contributed by atoms with Gasteiger partial charge in [-0.05, 0) is 13.3 Å². The first kappa shape index (κ1) is 13.3. The highest BCUT2D eigenvalue weighted by atomic mass is 32.1. The molecule has 1 aromatic rings. The first-order valence-electron chi connectivity index (χ1n) is 5.48. The number of anilines is 1. The first-order valence-corrected chi connectivity index (χ1v) is 6.26. The highest BCUT2D eigenvalue weighted by molar-refractivity contribution is 7.09. The topological polar surface area (TPSA) is 64.3 Å². The summed E-state index contributed by atoms with van der Waals surface area (Å²) in [6, 6.07) is 0.497. The van der Waals surface area contributed by atoms with E-state index in [-0.39, 0.29) is 0 Å². The number of nitrogens with zero attached hydrogens (tertiary/aromatic N) is 3. The maximum atomic E-state index is 5.79. The molecule has 0 aliphatic rings. The third kappa shape index (κ3) is 3.70. The van der Waals surface area contributed by atoms with E-state index in [0.29, 0.717) is 11.0 Å². The molecule has 1 heterocycles. The van der Waals surface area contributed by atoms with E-state index in [1.165, 1.54) is 11.5 Å². The van der Waals surface area contributed by atoms with Crippen molar-refractivity contribution in [3.05, 3.63) is 5.69 Å². The second-order valence-corrected chi connectivity index (χ2v) is 4.59. The maximum absolute atomic E-state index is 5.79. The van der Waals surface area contributed by atoms with Crippen molar-refractivity contribution in [3.8, 4) is 0 Å². The van der Waals surface area contributed by atoms with Crippen LogP contribution >= 0.6 is 11.5 Å². The number of rotatable bonds is 7. The average Bonchev–Trinajstić information content (AvgIpc) is 2.69. The van der Waals surface area contributed by atoms with E-state index < -0.39 is 0 Å². The Morgan fingerprint density at radius 1 is 1.56 bits per heavy atom. The fraction of sp³-hybridized carbons (Fsp3) is 0.800. The van der Waals surface area contributed by atoms with Gasteiger partial charge in [0.2, 0.25) is 0 Å². The Balaban J connectivity index is 2.59. The van der Waals surface area contributed by atoms with Crippen molar-refractivity contribution in [2.24, 2.45) is 0 Å². The Kier molecular flexibility index (Phi) is 5.65. The molecule has 1 unspecified atom stereocenters. The van der Waals surface area contributed by atoms with Gasteiger partial charge in [0.15, 0.2) is 0 Å². The van der Waals surface area contributed by atoms with Crippen LogP contribution in [0.25, 0.3) is 0 Å².